The molecular formula is C16H22N2O2. The van der Waals surface area contributed by atoms with E-state index in [4.69, 9.17) is 5.11 Å². The third-order valence-corrected chi connectivity index (χ3v) is 4.53. The first kappa shape index (κ1) is 13.4. The zero-order valence-corrected chi connectivity index (χ0v) is 11.8. The molecule has 0 aromatic heterocycles. The molecule has 1 fully saturated rings. The number of hydrogen-bond acceptors (Lipinski definition) is 3. The van der Waals surface area contributed by atoms with Crippen molar-refractivity contribution in [2.24, 2.45) is 5.92 Å². The van der Waals surface area contributed by atoms with Crippen LogP contribution in [0.4, 0.5) is 5.69 Å². The molecule has 0 radical (unpaired) electrons. The van der Waals surface area contributed by atoms with Gasteiger partial charge in [-0.25, -0.2) is 0 Å². The van der Waals surface area contributed by atoms with Crippen LogP contribution in [0.3, 0.4) is 0 Å². The summed E-state index contributed by atoms with van der Waals surface area (Å²) in [5.74, 6) is -0.756. The molecule has 108 valence electrons. The van der Waals surface area contributed by atoms with Crippen molar-refractivity contribution >= 4 is 11.7 Å². The highest BCUT2D eigenvalue weighted by molar-refractivity contribution is 5.70. The van der Waals surface area contributed by atoms with E-state index in [2.05, 4.69) is 28.4 Å². The average Bonchev–Trinajstić information content (AvgIpc) is 2.93. The van der Waals surface area contributed by atoms with E-state index in [1.807, 2.05) is 0 Å². The molecule has 0 saturated carbocycles. The number of fused-ring (bicyclic) bond motifs is 1. The maximum Gasteiger partial charge on any atom is 0.306 e. The number of rotatable bonds is 4. The second-order valence-corrected chi connectivity index (χ2v) is 5.87. The SMILES string of the molecule is O=C(O)C1CCN(CCc2ccc3c(c2)CCN3)CC1. The van der Waals surface area contributed by atoms with Crippen molar-refractivity contribution in [1.29, 1.82) is 0 Å². The standard InChI is InChI=1S/C16H22N2O2/c19-16(20)13-5-9-18(10-6-13)8-4-12-1-2-15-14(11-12)3-7-17-15/h1-2,11,13,17H,3-10H2,(H,19,20). The highest BCUT2D eigenvalue weighted by atomic mass is 16.4. The number of carbonyl (C=O) groups is 1. The smallest absolute Gasteiger partial charge is 0.306 e. The van der Waals surface area contributed by atoms with Crippen molar-refractivity contribution in [3.63, 3.8) is 0 Å². The maximum absolute atomic E-state index is 10.9. The molecule has 2 heterocycles. The summed E-state index contributed by atoms with van der Waals surface area (Å²) in [5.41, 5.74) is 4.12. The van der Waals surface area contributed by atoms with Crippen LogP contribution in [0, 0.1) is 5.92 Å². The van der Waals surface area contributed by atoms with Crippen molar-refractivity contribution in [1.82, 2.24) is 4.90 Å². The fourth-order valence-electron chi connectivity index (χ4n) is 3.20. The van der Waals surface area contributed by atoms with Gasteiger partial charge >= 0.3 is 5.97 Å². The van der Waals surface area contributed by atoms with Gasteiger partial charge in [-0.2, -0.15) is 0 Å². The number of carboxylic acids is 1. The summed E-state index contributed by atoms with van der Waals surface area (Å²) in [5, 5.41) is 12.4. The second kappa shape index (κ2) is 5.83. The summed E-state index contributed by atoms with van der Waals surface area (Å²) in [4.78, 5) is 13.3. The zero-order valence-electron chi connectivity index (χ0n) is 11.8. The highest BCUT2D eigenvalue weighted by Crippen LogP contribution is 2.23. The van der Waals surface area contributed by atoms with Crippen molar-refractivity contribution in [3.8, 4) is 0 Å². The van der Waals surface area contributed by atoms with Crippen LogP contribution in [0.15, 0.2) is 18.2 Å². The summed E-state index contributed by atoms with van der Waals surface area (Å²) < 4.78 is 0. The molecule has 20 heavy (non-hydrogen) atoms. The van der Waals surface area contributed by atoms with E-state index in [1.165, 1.54) is 16.8 Å². The number of anilines is 1. The van der Waals surface area contributed by atoms with Crippen LogP contribution in [0.25, 0.3) is 0 Å². The summed E-state index contributed by atoms with van der Waals surface area (Å²) in [7, 11) is 0. The minimum Gasteiger partial charge on any atom is -0.481 e. The largest absolute Gasteiger partial charge is 0.481 e. The van der Waals surface area contributed by atoms with Gasteiger partial charge in [-0.3, -0.25) is 4.79 Å². The zero-order chi connectivity index (χ0) is 13.9. The van der Waals surface area contributed by atoms with E-state index in [9.17, 15) is 4.79 Å². The predicted octanol–water partition coefficient (Wildman–Crippen LogP) is 1.99. The van der Waals surface area contributed by atoms with Crippen LogP contribution in [0.2, 0.25) is 0 Å². The Morgan fingerprint density at radius 1 is 1.35 bits per heavy atom. The van der Waals surface area contributed by atoms with E-state index in [0.29, 0.717) is 0 Å². The van der Waals surface area contributed by atoms with E-state index in [1.54, 1.807) is 0 Å². The molecule has 2 aliphatic heterocycles. The Labute approximate surface area is 119 Å². The molecule has 1 aromatic rings. The predicted molar refractivity (Wildman–Crippen MR) is 79.1 cm³/mol. The van der Waals surface area contributed by atoms with E-state index in [0.717, 1.165) is 51.9 Å². The van der Waals surface area contributed by atoms with Crippen LogP contribution < -0.4 is 5.32 Å². The number of piperidine rings is 1. The molecule has 3 rings (SSSR count). The molecule has 0 aliphatic carbocycles. The number of nitrogens with zero attached hydrogens (tertiary/aromatic N) is 1. The van der Waals surface area contributed by atoms with Crippen LogP contribution in [-0.2, 0) is 17.6 Å². The molecule has 0 unspecified atom stereocenters. The average molecular weight is 274 g/mol. The minimum absolute atomic E-state index is 0.127. The van der Waals surface area contributed by atoms with Crippen LogP contribution in [0.5, 0.6) is 0 Å². The molecule has 1 aromatic carbocycles. The lowest BCUT2D eigenvalue weighted by atomic mass is 9.96. The van der Waals surface area contributed by atoms with Gasteiger partial charge in [-0.15, -0.1) is 0 Å². The van der Waals surface area contributed by atoms with Crippen molar-refractivity contribution in [3.05, 3.63) is 29.3 Å². The van der Waals surface area contributed by atoms with Gasteiger partial charge in [0, 0.05) is 18.8 Å². The number of hydrogen-bond donors (Lipinski definition) is 2. The Morgan fingerprint density at radius 2 is 2.15 bits per heavy atom. The molecule has 2 N–H and O–H groups in total. The van der Waals surface area contributed by atoms with E-state index < -0.39 is 5.97 Å². The molecule has 1 saturated heterocycles. The lowest BCUT2D eigenvalue weighted by molar-refractivity contribution is -0.143. The first-order chi connectivity index (χ1) is 9.72. The van der Waals surface area contributed by atoms with Gasteiger partial charge < -0.3 is 15.3 Å². The normalized spacial score (nSPS) is 19.6. The third-order valence-electron chi connectivity index (χ3n) is 4.53. The third kappa shape index (κ3) is 2.96. The van der Waals surface area contributed by atoms with Gasteiger partial charge in [0.2, 0.25) is 0 Å². The first-order valence-corrected chi connectivity index (χ1v) is 7.53. The topological polar surface area (TPSA) is 52.6 Å². The van der Waals surface area contributed by atoms with Crippen LogP contribution in [0.1, 0.15) is 24.0 Å². The van der Waals surface area contributed by atoms with Gasteiger partial charge in [-0.05, 0) is 56.0 Å². The van der Waals surface area contributed by atoms with Gasteiger partial charge in [0.05, 0.1) is 5.92 Å². The summed E-state index contributed by atoms with van der Waals surface area (Å²) in [6.07, 6.45) is 3.78. The highest BCUT2D eigenvalue weighted by Gasteiger charge is 2.24. The van der Waals surface area contributed by atoms with Gasteiger partial charge in [0.1, 0.15) is 0 Å². The number of likely N-dealkylation sites (tertiary alicyclic amines) is 1. The first-order valence-electron chi connectivity index (χ1n) is 7.53. The fraction of sp³-hybridized carbons (Fsp3) is 0.562. The number of nitrogens with one attached hydrogen (secondary N) is 1. The lowest BCUT2D eigenvalue weighted by Crippen LogP contribution is -2.37. The molecule has 4 heteroatoms. The Kier molecular flexibility index (Phi) is 3.92. The Balaban J connectivity index is 1.49. The van der Waals surface area contributed by atoms with Crippen molar-refractivity contribution in [2.45, 2.75) is 25.7 Å². The minimum atomic E-state index is -0.629. The molecule has 2 aliphatic rings. The molecule has 0 atom stereocenters. The lowest BCUT2D eigenvalue weighted by Gasteiger charge is -2.29. The van der Waals surface area contributed by atoms with Crippen molar-refractivity contribution < 1.29 is 9.90 Å². The van der Waals surface area contributed by atoms with Crippen molar-refractivity contribution in [2.75, 3.05) is 31.5 Å². The summed E-state index contributed by atoms with van der Waals surface area (Å²) in [6, 6.07) is 6.72. The Morgan fingerprint density at radius 3 is 2.90 bits per heavy atom. The molecule has 0 bridgehead atoms. The van der Waals surface area contributed by atoms with E-state index in [-0.39, 0.29) is 5.92 Å². The number of benzene rings is 1. The molecule has 4 nitrogen and oxygen atoms in total. The Hall–Kier alpha value is -1.55. The molecule has 0 amide bonds. The van der Waals surface area contributed by atoms with E-state index >= 15 is 0 Å². The van der Waals surface area contributed by atoms with Gasteiger partial charge in [0.15, 0.2) is 0 Å². The Bertz CT molecular complexity index is 493. The summed E-state index contributed by atoms with van der Waals surface area (Å²) in [6.45, 7) is 3.94. The maximum atomic E-state index is 10.9. The van der Waals surface area contributed by atoms with Gasteiger partial charge in [-0.1, -0.05) is 12.1 Å². The summed E-state index contributed by atoms with van der Waals surface area (Å²) >= 11 is 0. The monoisotopic (exact) mass is 274 g/mol. The number of aliphatic carboxylic acids is 1. The van der Waals surface area contributed by atoms with Gasteiger partial charge in [0.25, 0.3) is 0 Å². The quantitative estimate of drug-likeness (QED) is 0.881. The van der Waals surface area contributed by atoms with Crippen LogP contribution in [-0.4, -0.2) is 42.2 Å². The molecular weight excluding hydrogens is 252 g/mol. The fourth-order valence-corrected chi connectivity index (χ4v) is 3.20. The van der Waals surface area contributed by atoms with Crippen LogP contribution >= 0.6 is 0 Å². The molecule has 0 spiro atoms. The second-order valence-electron chi connectivity index (χ2n) is 5.87. The number of carboxylic acid groups (broad SMARTS) is 1.